The van der Waals surface area contributed by atoms with Crippen LogP contribution in [-0.2, 0) is 15.9 Å². The van der Waals surface area contributed by atoms with Crippen LogP contribution in [0, 0.1) is 0 Å². The fourth-order valence-electron chi connectivity index (χ4n) is 1.72. The third-order valence-corrected chi connectivity index (χ3v) is 3.30. The third kappa shape index (κ3) is 3.74. The van der Waals surface area contributed by atoms with Crippen LogP contribution in [0.15, 0.2) is 54.6 Å². The Kier molecular flexibility index (Phi) is 3.78. The first-order valence-corrected chi connectivity index (χ1v) is 7.20. The lowest BCUT2D eigenvalue weighted by atomic mass is 10.0. The Morgan fingerprint density at radius 2 is 1.42 bits per heavy atom. The minimum Gasteiger partial charge on any atom is -0.289 e. The lowest BCUT2D eigenvalue weighted by molar-refractivity contribution is 0.103. The van der Waals surface area contributed by atoms with Crippen molar-refractivity contribution in [1.82, 2.24) is 0 Å². The highest BCUT2D eigenvalue weighted by molar-refractivity contribution is 7.85. The smallest absolute Gasteiger partial charge is 0.269 e. The van der Waals surface area contributed by atoms with Crippen LogP contribution in [0.25, 0.3) is 0 Å². The molecule has 0 bridgehead atoms. The molecule has 4 nitrogen and oxygen atoms in total. The Morgan fingerprint density at radius 1 is 0.895 bits per heavy atom. The molecule has 0 unspecified atom stereocenters. The van der Waals surface area contributed by atoms with Crippen LogP contribution in [0.1, 0.15) is 21.5 Å². The van der Waals surface area contributed by atoms with Gasteiger partial charge in [0.15, 0.2) is 5.78 Å². The van der Waals surface area contributed by atoms with E-state index in [1.807, 2.05) is 6.07 Å². The Hall–Kier alpha value is -1.98. The van der Waals surface area contributed by atoms with Crippen molar-refractivity contribution in [3.8, 4) is 0 Å². The summed E-state index contributed by atoms with van der Waals surface area (Å²) < 4.78 is 30.2. The van der Waals surface area contributed by atoms with Crippen molar-refractivity contribution in [3.05, 3.63) is 71.3 Å². The normalized spacial score (nSPS) is 11.2. The van der Waals surface area contributed by atoms with Crippen molar-refractivity contribution in [2.45, 2.75) is 5.75 Å². The minimum absolute atomic E-state index is 0.126. The van der Waals surface area contributed by atoms with Crippen molar-refractivity contribution in [2.75, 3.05) is 0 Å². The standard InChI is InChI=1S/C14H12O4S/c15-14(12-4-2-1-3-5-12)13-8-6-11(7-9-13)10-19(16,17)18/h1-9H,10H2,(H,16,17,18). The van der Waals surface area contributed by atoms with Gasteiger partial charge < -0.3 is 0 Å². The summed E-state index contributed by atoms with van der Waals surface area (Å²) in [5.74, 6) is -0.578. The zero-order chi connectivity index (χ0) is 13.9. The molecule has 2 rings (SSSR count). The highest BCUT2D eigenvalue weighted by Crippen LogP contribution is 2.12. The molecule has 2 aromatic rings. The molecule has 0 heterocycles. The van der Waals surface area contributed by atoms with Crippen LogP contribution < -0.4 is 0 Å². The highest BCUT2D eigenvalue weighted by Gasteiger charge is 2.10. The summed E-state index contributed by atoms with van der Waals surface area (Å²) in [6.07, 6.45) is 0. The average Bonchev–Trinajstić information content (AvgIpc) is 2.38. The van der Waals surface area contributed by atoms with Gasteiger partial charge in [0.1, 0.15) is 5.75 Å². The second kappa shape index (κ2) is 5.34. The van der Waals surface area contributed by atoms with Crippen LogP contribution in [0.2, 0.25) is 0 Å². The molecular formula is C14H12O4S. The summed E-state index contributed by atoms with van der Waals surface area (Å²) >= 11 is 0. The van der Waals surface area contributed by atoms with Crippen LogP contribution in [0.5, 0.6) is 0 Å². The third-order valence-electron chi connectivity index (χ3n) is 2.60. The topological polar surface area (TPSA) is 71.4 Å². The Balaban J connectivity index is 2.22. The number of rotatable bonds is 4. The Bertz CT molecular complexity index is 673. The fraction of sp³-hybridized carbons (Fsp3) is 0.0714. The maximum absolute atomic E-state index is 12.1. The lowest BCUT2D eigenvalue weighted by Crippen LogP contribution is -2.03. The van der Waals surface area contributed by atoms with Gasteiger partial charge in [0, 0.05) is 11.1 Å². The molecule has 19 heavy (non-hydrogen) atoms. The fourth-order valence-corrected chi connectivity index (χ4v) is 2.33. The molecule has 0 aromatic heterocycles. The molecule has 1 N–H and O–H groups in total. The summed E-state index contributed by atoms with van der Waals surface area (Å²) in [4.78, 5) is 12.1. The van der Waals surface area contributed by atoms with Crippen LogP contribution in [0.4, 0.5) is 0 Å². The van der Waals surface area contributed by atoms with E-state index >= 15 is 0 Å². The first-order chi connectivity index (χ1) is 8.96. The van der Waals surface area contributed by atoms with E-state index in [9.17, 15) is 13.2 Å². The number of benzene rings is 2. The predicted octanol–water partition coefficient (Wildman–Crippen LogP) is 2.31. The van der Waals surface area contributed by atoms with Gasteiger partial charge in [-0.3, -0.25) is 9.35 Å². The number of hydrogen-bond acceptors (Lipinski definition) is 3. The number of carbonyl (C=O) groups excluding carboxylic acids is 1. The number of ketones is 1. The van der Waals surface area contributed by atoms with E-state index < -0.39 is 15.9 Å². The molecule has 0 amide bonds. The first kappa shape index (κ1) is 13.5. The summed E-state index contributed by atoms with van der Waals surface area (Å²) in [6, 6.07) is 15.0. The molecule has 2 aromatic carbocycles. The molecule has 0 aliphatic carbocycles. The van der Waals surface area contributed by atoms with Crippen LogP contribution in [0.3, 0.4) is 0 Å². The van der Waals surface area contributed by atoms with E-state index in [1.165, 1.54) is 12.1 Å². The van der Waals surface area contributed by atoms with Gasteiger partial charge in [0.25, 0.3) is 10.1 Å². The van der Waals surface area contributed by atoms with Crippen molar-refractivity contribution in [1.29, 1.82) is 0 Å². The predicted molar refractivity (Wildman–Crippen MR) is 71.6 cm³/mol. The van der Waals surface area contributed by atoms with Crippen molar-refractivity contribution < 1.29 is 17.8 Å². The zero-order valence-electron chi connectivity index (χ0n) is 9.98. The van der Waals surface area contributed by atoms with Gasteiger partial charge in [0.05, 0.1) is 0 Å². The van der Waals surface area contributed by atoms with E-state index in [1.54, 1.807) is 36.4 Å². The molecule has 0 aliphatic rings. The molecule has 0 saturated heterocycles. The molecule has 0 aliphatic heterocycles. The van der Waals surface area contributed by atoms with Gasteiger partial charge in [-0.05, 0) is 5.56 Å². The average molecular weight is 276 g/mol. The maximum atomic E-state index is 12.1. The first-order valence-electron chi connectivity index (χ1n) is 5.59. The summed E-state index contributed by atoms with van der Waals surface area (Å²) in [5.41, 5.74) is 1.49. The van der Waals surface area contributed by atoms with E-state index in [0.29, 0.717) is 16.7 Å². The van der Waals surface area contributed by atoms with E-state index in [4.69, 9.17) is 4.55 Å². The minimum atomic E-state index is -4.05. The summed E-state index contributed by atoms with van der Waals surface area (Å²) in [7, 11) is -4.05. The second-order valence-corrected chi connectivity index (χ2v) is 5.57. The quantitative estimate of drug-likeness (QED) is 0.687. The van der Waals surface area contributed by atoms with Crippen LogP contribution in [-0.4, -0.2) is 18.8 Å². The SMILES string of the molecule is O=C(c1ccccc1)c1ccc(CS(=O)(=O)O)cc1. The molecule has 0 saturated carbocycles. The molecular weight excluding hydrogens is 264 g/mol. The van der Waals surface area contributed by atoms with E-state index in [2.05, 4.69) is 0 Å². The highest BCUT2D eigenvalue weighted by atomic mass is 32.2. The van der Waals surface area contributed by atoms with Gasteiger partial charge in [-0.15, -0.1) is 0 Å². The van der Waals surface area contributed by atoms with Gasteiger partial charge >= 0.3 is 0 Å². The molecule has 0 fully saturated rings. The number of hydrogen-bond donors (Lipinski definition) is 1. The monoisotopic (exact) mass is 276 g/mol. The van der Waals surface area contributed by atoms with Crippen molar-refractivity contribution in [3.63, 3.8) is 0 Å². The molecule has 0 radical (unpaired) electrons. The molecule has 0 spiro atoms. The van der Waals surface area contributed by atoms with Crippen LogP contribution >= 0.6 is 0 Å². The second-order valence-electron chi connectivity index (χ2n) is 4.12. The Morgan fingerprint density at radius 3 is 1.95 bits per heavy atom. The number of carbonyl (C=O) groups is 1. The summed E-state index contributed by atoms with van der Waals surface area (Å²) in [5, 5.41) is 0. The van der Waals surface area contributed by atoms with Crippen molar-refractivity contribution in [2.24, 2.45) is 0 Å². The van der Waals surface area contributed by atoms with Gasteiger partial charge in [-0.2, -0.15) is 8.42 Å². The van der Waals surface area contributed by atoms with E-state index in [0.717, 1.165) is 0 Å². The lowest BCUT2D eigenvalue weighted by Gasteiger charge is -2.03. The van der Waals surface area contributed by atoms with Crippen molar-refractivity contribution >= 4 is 15.9 Å². The van der Waals surface area contributed by atoms with Gasteiger partial charge in [-0.1, -0.05) is 54.6 Å². The Labute approximate surface area is 111 Å². The maximum Gasteiger partial charge on any atom is 0.269 e. The largest absolute Gasteiger partial charge is 0.289 e. The zero-order valence-corrected chi connectivity index (χ0v) is 10.8. The van der Waals surface area contributed by atoms with Gasteiger partial charge in [-0.25, -0.2) is 0 Å². The van der Waals surface area contributed by atoms with Gasteiger partial charge in [0.2, 0.25) is 0 Å². The molecule has 0 atom stereocenters. The molecule has 98 valence electrons. The van der Waals surface area contributed by atoms with E-state index in [-0.39, 0.29) is 5.78 Å². The molecule has 5 heteroatoms. The summed E-state index contributed by atoms with van der Waals surface area (Å²) in [6.45, 7) is 0.